The maximum Gasteiger partial charge on any atom is 0.124 e. The standard InChI is InChI=1S/C14H21NO/c1-5-15-12-9-14(3,4)16-13-7-6-10(2)8-11(12)13/h6-8,12,15H,5,9H2,1-4H3. The van der Waals surface area contributed by atoms with Crippen LogP contribution in [0.4, 0.5) is 0 Å². The van der Waals surface area contributed by atoms with Crippen molar-refractivity contribution in [1.29, 1.82) is 0 Å². The van der Waals surface area contributed by atoms with E-state index in [2.05, 4.69) is 51.2 Å². The summed E-state index contributed by atoms with van der Waals surface area (Å²) in [6.45, 7) is 9.58. The SMILES string of the molecule is CCNC1CC(C)(C)Oc2ccc(C)cc21. The summed E-state index contributed by atoms with van der Waals surface area (Å²) < 4.78 is 6.01. The second-order valence-corrected chi connectivity index (χ2v) is 5.22. The van der Waals surface area contributed by atoms with Crippen LogP contribution in [0.5, 0.6) is 5.75 Å². The summed E-state index contributed by atoms with van der Waals surface area (Å²) in [6.07, 6.45) is 1.03. The van der Waals surface area contributed by atoms with Crippen LogP contribution in [0.1, 0.15) is 44.4 Å². The minimum absolute atomic E-state index is 0.0743. The molecule has 0 aromatic heterocycles. The molecule has 1 aliphatic heterocycles. The quantitative estimate of drug-likeness (QED) is 0.824. The fourth-order valence-corrected chi connectivity index (χ4v) is 2.40. The molecule has 0 amide bonds. The molecule has 0 saturated carbocycles. The van der Waals surface area contributed by atoms with Crippen LogP contribution in [0, 0.1) is 6.92 Å². The lowest BCUT2D eigenvalue weighted by atomic mass is 9.89. The molecule has 0 fully saturated rings. The summed E-state index contributed by atoms with van der Waals surface area (Å²) in [5, 5.41) is 3.54. The topological polar surface area (TPSA) is 21.3 Å². The van der Waals surface area contributed by atoms with Crippen molar-refractivity contribution in [3.63, 3.8) is 0 Å². The van der Waals surface area contributed by atoms with Crippen molar-refractivity contribution in [1.82, 2.24) is 5.32 Å². The number of fused-ring (bicyclic) bond motifs is 1. The van der Waals surface area contributed by atoms with Gasteiger partial charge < -0.3 is 10.1 Å². The van der Waals surface area contributed by atoms with Gasteiger partial charge in [-0.05, 0) is 33.4 Å². The lowest BCUT2D eigenvalue weighted by Gasteiger charge is -2.38. The van der Waals surface area contributed by atoms with Gasteiger partial charge in [-0.3, -0.25) is 0 Å². The molecule has 1 aromatic rings. The fourth-order valence-electron chi connectivity index (χ4n) is 2.40. The molecule has 1 aliphatic rings. The summed E-state index contributed by atoms with van der Waals surface area (Å²) in [5.74, 6) is 1.04. The zero-order chi connectivity index (χ0) is 11.8. The Morgan fingerprint density at radius 2 is 2.19 bits per heavy atom. The van der Waals surface area contributed by atoms with Gasteiger partial charge in [-0.1, -0.05) is 24.6 Å². The first-order valence-electron chi connectivity index (χ1n) is 6.05. The van der Waals surface area contributed by atoms with Crippen LogP contribution in [-0.2, 0) is 0 Å². The Morgan fingerprint density at radius 3 is 2.88 bits per heavy atom. The number of rotatable bonds is 2. The Morgan fingerprint density at radius 1 is 1.44 bits per heavy atom. The second kappa shape index (κ2) is 4.10. The molecular weight excluding hydrogens is 198 g/mol. The predicted octanol–water partition coefficient (Wildman–Crippen LogP) is 3.21. The highest BCUT2D eigenvalue weighted by Crippen LogP contribution is 2.39. The van der Waals surface area contributed by atoms with E-state index in [4.69, 9.17) is 4.74 Å². The van der Waals surface area contributed by atoms with Crippen molar-refractivity contribution < 1.29 is 4.74 Å². The normalized spacial score (nSPS) is 22.4. The number of aryl methyl sites for hydroxylation is 1. The number of benzene rings is 1. The van der Waals surface area contributed by atoms with E-state index in [0.717, 1.165) is 18.7 Å². The van der Waals surface area contributed by atoms with Crippen molar-refractivity contribution in [2.75, 3.05) is 6.54 Å². The van der Waals surface area contributed by atoms with E-state index >= 15 is 0 Å². The van der Waals surface area contributed by atoms with Gasteiger partial charge in [0.25, 0.3) is 0 Å². The maximum atomic E-state index is 6.01. The zero-order valence-electron chi connectivity index (χ0n) is 10.6. The van der Waals surface area contributed by atoms with E-state index in [1.165, 1.54) is 11.1 Å². The predicted molar refractivity (Wildman–Crippen MR) is 66.9 cm³/mol. The highest BCUT2D eigenvalue weighted by Gasteiger charge is 2.33. The van der Waals surface area contributed by atoms with Crippen LogP contribution in [0.25, 0.3) is 0 Å². The average molecular weight is 219 g/mol. The molecule has 88 valence electrons. The monoisotopic (exact) mass is 219 g/mol. The van der Waals surface area contributed by atoms with Gasteiger partial charge in [0, 0.05) is 18.0 Å². The smallest absolute Gasteiger partial charge is 0.124 e. The lowest BCUT2D eigenvalue weighted by molar-refractivity contribution is 0.0664. The van der Waals surface area contributed by atoms with Gasteiger partial charge >= 0.3 is 0 Å². The van der Waals surface area contributed by atoms with Gasteiger partial charge in [0.05, 0.1) is 0 Å². The molecule has 0 aliphatic carbocycles. The first kappa shape index (κ1) is 11.5. The van der Waals surface area contributed by atoms with Crippen LogP contribution in [-0.4, -0.2) is 12.1 Å². The van der Waals surface area contributed by atoms with Gasteiger partial charge in [0.1, 0.15) is 11.4 Å². The average Bonchev–Trinajstić information content (AvgIpc) is 2.18. The first-order valence-corrected chi connectivity index (χ1v) is 6.05. The van der Waals surface area contributed by atoms with E-state index in [9.17, 15) is 0 Å². The molecule has 1 aromatic carbocycles. The Labute approximate surface area is 98.0 Å². The van der Waals surface area contributed by atoms with Crippen molar-refractivity contribution in [2.45, 2.75) is 45.8 Å². The Bertz CT molecular complexity index is 384. The van der Waals surface area contributed by atoms with Crippen LogP contribution < -0.4 is 10.1 Å². The Balaban J connectivity index is 2.39. The molecule has 0 bridgehead atoms. The Hall–Kier alpha value is -1.02. The summed E-state index contributed by atoms with van der Waals surface area (Å²) >= 11 is 0. The van der Waals surface area contributed by atoms with E-state index in [1.54, 1.807) is 0 Å². The molecule has 16 heavy (non-hydrogen) atoms. The van der Waals surface area contributed by atoms with Crippen LogP contribution >= 0.6 is 0 Å². The molecule has 0 saturated heterocycles. The first-order chi connectivity index (χ1) is 7.52. The van der Waals surface area contributed by atoms with Crippen molar-refractivity contribution in [2.24, 2.45) is 0 Å². The molecule has 1 atom stereocenters. The van der Waals surface area contributed by atoms with Gasteiger partial charge in [0.15, 0.2) is 0 Å². The van der Waals surface area contributed by atoms with E-state index in [0.29, 0.717) is 6.04 Å². The molecule has 1 N–H and O–H groups in total. The van der Waals surface area contributed by atoms with Gasteiger partial charge in [-0.15, -0.1) is 0 Å². The summed E-state index contributed by atoms with van der Waals surface area (Å²) in [7, 11) is 0. The van der Waals surface area contributed by atoms with Gasteiger partial charge in [0.2, 0.25) is 0 Å². The number of nitrogens with one attached hydrogen (secondary N) is 1. The number of hydrogen-bond donors (Lipinski definition) is 1. The lowest BCUT2D eigenvalue weighted by Crippen LogP contribution is -2.39. The zero-order valence-corrected chi connectivity index (χ0v) is 10.6. The number of hydrogen-bond acceptors (Lipinski definition) is 2. The van der Waals surface area contributed by atoms with E-state index in [-0.39, 0.29) is 5.60 Å². The van der Waals surface area contributed by atoms with Gasteiger partial charge in [-0.2, -0.15) is 0 Å². The molecule has 2 rings (SSSR count). The molecule has 1 heterocycles. The van der Waals surface area contributed by atoms with Crippen molar-refractivity contribution >= 4 is 0 Å². The minimum Gasteiger partial charge on any atom is -0.487 e. The van der Waals surface area contributed by atoms with E-state index < -0.39 is 0 Å². The molecule has 0 radical (unpaired) electrons. The van der Waals surface area contributed by atoms with Crippen LogP contribution in [0.15, 0.2) is 18.2 Å². The van der Waals surface area contributed by atoms with Crippen molar-refractivity contribution in [3.05, 3.63) is 29.3 Å². The highest BCUT2D eigenvalue weighted by molar-refractivity contribution is 5.41. The van der Waals surface area contributed by atoms with Crippen LogP contribution in [0.2, 0.25) is 0 Å². The summed E-state index contributed by atoms with van der Waals surface area (Å²) in [5.41, 5.74) is 2.53. The third-order valence-electron chi connectivity index (χ3n) is 3.07. The third-order valence-corrected chi connectivity index (χ3v) is 3.07. The maximum absolute atomic E-state index is 6.01. The highest BCUT2D eigenvalue weighted by atomic mass is 16.5. The minimum atomic E-state index is -0.0743. The fraction of sp³-hybridized carbons (Fsp3) is 0.571. The molecule has 2 heteroatoms. The van der Waals surface area contributed by atoms with Crippen molar-refractivity contribution in [3.8, 4) is 5.75 Å². The summed E-state index contributed by atoms with van der Waals surface area (Å²) in [4.78, 5) is 0. The molecule has 0 spiro atoms. The van der Waals surface area contributed by atoms with Crippen LogP contribution in [0.3, 0.4) is 0 Å². The molecule has 2 nitrogen and oxygen atoms in total. The van der Waals surface area contributed by atoms with Gasteiger partial charge in [-0.25, -0.2) is 0 Å². The van der Waals surface area contributed by atoms with E-state index in [1.807, 2.05) is 0 Å². The Kier molecular flexibility index (Phi) is 2.94. The summed E-state index contributed by atoms with van der Waals surface area (Å²) in [6, 6.07) is 6.86. The largest absolute Gasteiger partial charge is 0.487 e. The third kappa shape index (κ3) is 2.22. The molecule has 1 unspecified atom stereocenters. The molecular formula is C14H21NO. The number of ether oxygens (including phenoxy) is 1. The second-order valence-electron chi connectivity index (χ2n) is 5.22.